The Morgan fingerprint density at radius 1 is 1.33 bits per heavy atom. The number of benzene rings is 1. The first kappa shape index (κ1) is 13.8. The highest BCUT2D eigenvalue weighted by molar-refractivity contribution is 14.1. The lowest BCUT2D eigenvalue weighted by atomic mass is 10.2. The van der Waals surface area contributed by atoms with Crippen LogP contribution in [0, 0.1) is 3.57 Å². The number of hydrogen-bond acceptors (Lipinski definition) is 2. The van der Waals surface area contributed by atoms with E-state index in [9.17, 15) is 4.79 Å². The van der Waals surface area contributed by atoms with Crippen LogP contribution < -0.4 is 0 Å². The summed E-state index contributed by atoms with van der Waals surface area (Å²) in [5, 5.41) is 8.58. The maximum absolute atomic E-state index is 10.4. The topological polar surface area (TPSA) is 37.3 Å². The maximum atomic E-state index is 10.4. The zero-order valence-electron chi connectivity index (χ0n) is 9.06. The van der Waals surface area contributed by atoms with Crippen LogP contribution in [0.15, 0.2) is 40.9 Å². The normalized spacial score (nSPS) is 11.0. The molecule has 0 unspecified atom stereocenters. The number of thiophene rings is 1. The van der Waals surface area contributed by atoms with Crippen LogP contribution in [-0.4, -0.2) is 11.1 Å². The summed E-state index contributed by atoms with van der Waals surface area (Å²) in [7, 11) is 0. The van der Waals surface area contributed by atoms with Crippen molar-refractivity contribution >= 4 is 61.9 Å². The van der Waals surface area contributed by atoms with Gasteiger partial charge in [0, 0.05) is 23.9 Å². The number of carboxylic acid groups (broad SMARTS) is 1. The first-order valence-corrected chi connectivity index (χ1v) is 7.71. The largest absolute Gasteiger partial charge is 0.478 e. The van der Waals surface area contributed by atoms with Crippen LogP contribution in [0.3, 0.4) is 0 Å². The van der Waals surface area contributed by atoms with Gasteiger partial charge in [-0.15, -0.1) is 11.3 Å². The minimum absolute atomic E-state index is 0.928. The molecule has 1 N–H and O–H groups in total. The minimum Gasteiger partial charge on any atom is -0.478 e. The van der Waals surface area contributed by atoms with Crippen molar-refractivity contribution in [3.8, 4) is 10.4 Å². The number of aliphatic carboxylic acids is 1. The Morgan fingerprint density at radius 3 is 2.78 bits per heavy atom. The molecule has 0 amide bonds. The Kier molecular flexibility index (Phi) is 4.58. The zero-order chi connectivity index (χ0) is 13.1. The fourth-order valence-electron chi connectivity index (χ4n) is 1.40. The Hall–Kier alpha value is -0.660. The van der Waals surface area contributed by atoms with Crippen LogP contribution in [0.25, 0.3) is 16.5 Å². The van der Waals surface area contributed by atoms with Gasteiger partial charge in [-0.2, -0.15) is 0 Å². The molecular weight excluding hydrogens is 427 g/mol. The smallest absolute Gasteiger partial charge is 0.328 e. The van der Waals surface area contributed by atoms with Gasteiger partial charge in [0.05, 0.1) is 0 Å². The predicted molar refractivity (Wildman–Crippen MR) is 86.8 cm³/mol. The van der Waals surface area contributed by atoms with Crippen molar-refractivity contribution < 1.29 is 9.90 Å². The van der Waals surface area contributed by atoms with Gasteiger partial charge in [0.25, 0.3) is 0 Å². The molecule has 0 radical (unpaired) electrons. The summed E-state index contributed by atoms with van der Waals surface area (Å²) in [6, 6.07) is 10.1. The first-order chi connectivity index (χ1) is 8.56. The van der Waals surface area contributed by atoms with Crippen LogP contribution >= 0.6 is 49.9 Å². The van der Waals surface area contributed by atoms with E-state index in [0.717, 1.165) is 29.4 Å². The summed E-state index contributed by atoms with van der Waals surface area (Å²) in [5.41, 5.74) is 1.14. The van der Waals surface area contributed by atoms with E-state index in [4.69, 9.17) is 5.11 Å². The summed E-state index contributed by atoms with van der Waals surface area (Å²) in [6.07, 6.45) is 2.77. The van der Waals surface area contributed by atoms with Crippen molar-refractivity contribution in [2.45, 2.75) is 0 Å². The molecular formula is C13H8BrIO2S. The number of hydrogen-bond donors (Lipinski definition) is 1. The number of halogens is 2. The van der Waals surface area contributed by atoms with Crippen LogP contribution in [0.5, 0.6) is 0 Å². The fourth-order valence-corrected chi connectivity index (χ4v) is 3.07. The predicted octanol–water partition coefficient (Wildman–Crippen LogP) is 4.88. The molecule has 2 rings (SSSR count). The molecule has 1 heterocycles. The Bertz CT molecular complexity index is 619. The third kappa shape index (κ3) is 3.43. The van der Waals surface area contributed by atoms with Gasteiger partial charge in [0.1, 0.15) is 0 Å². The average Bonchev–Trinajstić information content (AvgIpc) is 2.79. The zero-order valence-corrected chi connectivity index (χ0v) is 13.6. The highest BCUT2D eigenvalue weighted by Gasteiger charge is 2.04. The summed E-state index contributed by atoms with van der Waals surface area (Å²) in [5.74, 6) is -0.928. The van der Waals surface area contributed by atoms with Gasteiger partial charge < -0.3 is 5.11 Å². The number of carboxylic acids is 1. The van der Waals surface area contributed by atoms with Crippen molar-refractivity contribution in [3.05, 3.63) is 49.3 Å². The molecule has 2 aromatic rings. The van der Waals surface area contributed by atoms with Crippen LogP contribution in [-0.2, 0) is 4.79 Å². The molecule has 1 aromatic carbocycles. The van der Waals surface area contributed by atoms with Gasteiger partial charge in [-0.3, -0.25) is 0 Å². The van der Waals surface area contributed by atoms with Gasteiger partial charge in [-0.25, -0.2) is 4.79 Å². The number of rotatable bonds is 3. The van der Waals surface area contributed by atoms with Crippen molar-refractivity contribution in [3.63, 3.8) is 0 Å². The minimum atomic E-state index is -0.928. The summed E-state index contributed by atoms with van der Waals surface area (Å²) in [4.78, 5) is 12.5. The second-order valence-electron chi connectivity index (χ2n) is 3.50. The second-order valence-corrected chi connectivity index (χ2v) is 6.63. The lowest BCUT2D eigenvalue weighted by molar-refractivity contribution is -0.131. The maximum Gasteiger partial charge on any atom is 0.328 e. The molecule has 0 spiro atoms. The van der Waals surface area contributed by atoms with Crippen LogP contribution in [0.2, 0.25) is 0 Å². The molecule has 0 aliphatic heterocycles. The SMILES string of the molecule is O=C(O)/C=C/c1ccc(-c2ccc(Br)c(I)c2)s1. The van der Waals surface area contributed by atoms with Crippen molar-refractivity contribution in [1.29, 1.82) is 0 Å². The van der Waals surface area contributed by atoms with Crippen molar-refractivity contribution in [1.82, 2.24) is 0 Å². The van der Waals surface area contributed by atoms with Crippen LogP contribution in [0.1, 0.15) is 4.88 Å². The Balaban J connectivity index is 2.29. The third-order valence-corrected chi connectivity index (χ3v) is 5.65. The second kappa shape index (κ2) is 5.99. The fraction of sp³-hybridized carbons (Fsp3) is 0. The standard InChI is InChI=1S/C13H8BrIO2S/c14-10-4-1-8(7-11(10)15)12-5-2-9(18-12)3-6-13(16)17/h1-7H,(H,16,17)/b6-3+. The molecule has 0 saturated carbocycles. The van der Waals surface area contributed by atoms with E-state index in [-0.39, 0.29) is 0 Å². The van der Waals surface area contributed by atoms with E-state index in [1.807, 2.05) is 24.3 Å². The van der Waals surface area contributed by atoms with E-state index in [1.165, 1.54) is 0 Å². The lowest BCUT2D eigenvalue weighted by Gasteiger charge is -2.00. The summed E-state index contributed by atoms with van der Waals surface area (Å²) >= 11 is 7.32. The van der Waals surface area contributed by atoms with Crippen molar-refractivity contribution in [2.75, 3.05) is 0 Å². The number of carbonyl (C=O) groups is 1. The molecule has 2 nitrogen and oxygen atoms in total. The highest BCUT2D eigenvalue weighted by atomic mass is 127. The monoisotopic (exact) mass is 434 g/mol. The van der Waals surface area contributed by atoms with Gasteiger partial charge in [-0.1, -0.05) is 6.07 Å². The Morgan fingerprint density at radius 2 is 2.11 bits per heavy atom. The Labute approximate surface area is 131 Å². The van der Waals surface area contributed by atoms with Crippen LogP contribution in [0.4, 0.5) is 0 Å². The molecule has 92 valence electrons. The van der Waals surface area contributed by atoms with Gasteiger partial charge in [0.2, 0.25) is 0 Å². The van der Waals surface area contributed by atoms with E-state index < -0.39 is 5.97 Å². The first-order valence-electron chi connectivity index (χ1n) is 5.02. The van der Waals surface area contributed by atoms with E-state index in [2.05, 4.69) is 44.6 Å². The molecule has 0 saturated heterocycles. The lowest BCUT2D eigenvalue weighted by Crippen LogP contribution is -1.84. The third-order valence-electron chi connectivity index (χ3n) is 2.22. The van der Waals surface area contributed by atoms with Gasteiger partial charge in [0.15, 0.2) is 0 Å². The molecule has 0 atom stereocenters. The summed E-state index contributed by atoms with van der Waals surface area (Å²) in [6.45, 7) is 0. The quantitative estimate of drug-likeness (QED) is 0.552. The average molecular weight is 435 g/mol. The molecule has 0 fully saturated rings. The van der Waals surface area contributed by atoms with E-state index >= 15 is 0 Å². The molecule has 0 bridgehead atoms. The van der Waals surface area contributed by atoms with Gasteiger partial charge in [-0.05, 0) is 74.4 Å². The molecule has 5 heteroatoms. The van der Waals surface area contributed by atoms with E-state index in [0.29, 0.717) is 0 Å². The van der Waals surface area contributed by atoms with E-state index in [1.54, 1.807) is 17.4 Å². The molecule has 1 aromatic heterocycles. The van der Waals surface area contributed by atoms with Crippen molar-refractivity contribution in [2.24, 2.45) is 0 Å². The molecule has 0 aliphatic carbocycles. The summed E-state index contributed by atoms with van der Waals surface area (Å²) < 4.78 is 2.23. The molecule has 18 heavy (non-hydrogen) atoms. The molecule has 0 aliphatic rings. The highest BCUT2D eigenvalue weighted by Crippen LogP contribution is 2.31. The van der Waals surface area contributed by atoms with Gasteiger partial charge >= 0.3 is 5.97 Å².